The quantitative estimate of drug-likeness (QED) is 0.801. The lowest BCUT2D eigenvalue weighted by Crippen LogP contribution is -2.56. The second-order valence-corrected chi connectivity index (χ2v) is 6.74. The summed E-state index contributed by atoms with van der Waals surface area (Å²) in [6.45, 7) is 7.20. The number of fused-ring (bicyclic) bond motifs is 1. The van der Waals surface area contributed by atoms with Gasteiger partial charge in [-0.25, -0.2) is 4.63 Å². The fraction of sp³-hybridized carbons (Fsp3) is 0.750. The average molecular weight is 336 g/mol. The summed E-state index contributed by atoms with van der Waals surface area (Å²) in [6.07, 6.45) is 1.66. The highest BCUT2D eigenvalue weighted by atomic mass is 16.6. The molecule has 2 saturated heterocycles. The van der Waals surface area contributed by atoms with Crippen molar-refractivity contribution >= 4 is 11.8 Å². The van der Waals surface area contributed by atoms with Crippen LogP contribution in [0.5, 0.6) is 0 Å². The Kier molecular flexibility index (Phi) is 4.84. The molecule has 0 bridgehead atoms. The number of hydrogen-bond donors (Lipinski definition) is 0. The topological polar surface area (TPSA) is 88.8 Å². The van der Waals surface area contributed by atoms with Crippen molar-refractivity contribution in [3.05, 3.63) is 11.4 Å². The first kappa shape index (κ1) is 16.9. The van der Waals surface area contributed by atoms with Crippen LogP contribution in [0, 0.1) is 6.92 Å². The van der Waals surface area contributed by atoms with E-state index in [0.29, 0.717) is 24.5 Å². The minimum absolute atomic E-state index is 0.00152. The van der Waals surface area contributed by atoms with Gasteiger partial charge in [-0.2, -0.15) is 0 Å². The molecule has 2 amide bonds. The van der Waals surface area contributed by atoms with Gasteiger partial charge in [-0.3, -0.25) is 9.59 Å². The highest BCUT2D eigenvalue weighted by Gasteiger charge is 2.40. The van der Waals surface area contributed by atoms with Crippen LogP contribution in [0.15, 0.2) is 4.63 Å². The van der Waals surface area contributed by atoms with Crippen LogP contribution in [0.1, 0.15) is 38.1 Å². The van der Waals surface area contributed by atoms with E-state index in [1.807, 2.05) is 23.6 Å². The second kappa shape index (κ2) is 6.88. The van der Waals surface area contributed by atoms with Crippen molar-refractivity contribution in [2.24, 2.45) is 0 Å². The predicted octanol–water partition coefficient (Wildman–Crippen LogP) is 0.547. The Hall–Kier alpha value is -1.96. The Balaban J connectivity index is 1.67. The molecular formula is C16H24N4O4. The molecule has 2 aliphatic rings. The van der Waals surface area contributed by atoms with Gasteiger partial charge in [-0.05, 0) is 33.6 Å². The molecule has 0 unspecified atom stereocenters. The second-order valence-electron chi connectivity index (χ2n) is 6.74. The van der Waals surface area contributed by atoms with Crippen LogP contribution in [0.3, 0.4) is 0 Å². The van der Waals surface area contributed by atoms with Gasteiger partial charge in [0.25, 0.3) is 0 Å². The molecule has 0 spiro atoms. The third kappa shape index (κ3) is 3.28. The van der Waals surface area contributed by atoms with Crippen LogP contribution >= 0.6 is 0 Å². The number of hydrogen-bond acceptors (Lipinski definition) is 6. The van der Waals surface area contributed by atoms with Crippen LogP contribution in [-0.2, 0) is 20.7 Å². The van der Waals surface area contributed by atoms with Crippen LogP contribution in [0.2, 0.25) is 0 Å². The van der Waals surface area contributed by atoms with Crippen molar-refractivity contribution in [2.75, 3.05) is 19.7 Å². The molecule has 1 aromatic rings. The molecule has 8 heteroatoms. The summed E-state index contributed by atoms with van der Waals surface area (Å²) in [6, 6.07) is 0.180. The first-order valence-electron chi connectivity index (χ1n) is 8.46. The average Bonchev–Trinajstić information content (AvgIpc) is 2.81. The van der Waals surface area contributed by atoms with Crippen molar-refractivity contribution in [1.29, 1.82) is 0 Å². The molecule has 3 rings (SSSR count). The molecule has 132 valence electrons. The molecule has 2 aliphatic heterocycles. The largest absolute Gasteiger partial charge is 0.366 e. The van der Waals surface area contributed by atoms with Gasteiger partial charge in [-0.1, -0.05) is 10.3 Å². The molecule has 3 heterocycles. The van der Waals surface area contributed by atoms with Gasteiger partial charge in [0.15, 0.2) is 0 Å². The third-order valence-electron chi connectivity index (χ3n) is 4.85. The number of morpholine rings is 1. The van der Waals surface area contributed by atoms with Gasteiger partial charge < -0.3 is 14.5 Å². The molecule has 0 aromatic carbocycles. The number of aromatic nitrogens is 2. The third-order valence-corrected chi connectivity index (χ3v) is 4.85. The highest BCUT2D eigenvalue weighted by Crippen LogP contribution is 2.26. The fourth-order valence-corrected chi connectivity index (χ4v) is 3.60. The number of nitrogens with zero attached hydrogens (tertiary/aromatic N) is 4. The van der Waals surface area contributed by atoms with Crippen molar-refractivity contribution in [1.82, 2.24) is 20.1 Å². The van der Waals surface area contributed by atoms with Crippen molar-refractivity contribution in [3.8, 4) is 0 Å². The molecule has 8 nitrogen and oxygen atoms in total. The van der Waals surface area contributed by atoms with Crippen LogP contribution in [0.4, 0.5) is 0 Å². The first-order chi connectivity index (χ1) is 11.5. The van der Waals surface area contributed by atoms with Gasteiger partial charge in [0, 0.05) is 19.1 Å². The molecule has 0 radical (unpaired) electrons. The van der Waals surface area contributed by atoms with E-state index >= 15 is 0 Å². The molecule has 24 heavy (non-hydrogen) atoms. The zero-order valence-electron chi connectivity index (χ0n) is 14.4. The number of carbonyl (C=O) groups excluding carboxylic acids is 2. The maximum absolute atomic E-state index is 12.6. The van der Waals surface area contributed by atoms with E-state index in [-0.39, 0.29) is 43.0 Å². The number of amides is 2. The smallest absolute Gasteiger partial charge is 0.249 e. The van der Waals surface area contributed by atoms with Crippen LogP contribution in [-0.4, -0.2) is 69.8 Å². The first-order valence-corrected chi connectivity index (χ1v) is 8.46. The summed E-state index contributed by atoms with van der Waals surface area (Å²) in [5, 5.41) is 7.49. The number of rotatable bonds is 3. The fourth-order valence-electron chi connectivity index (χ4n) is 3.60. The van der Waals surface area contributed by atoms with E-state index in [0.717, 1.165) is 12.8 Å². The standard InChI is InChI=1S/C16H24N4O4/c1-10(2)20-13-4-6-19(7-5-14(13)23-9-16(20)22)15(21)8-12-11(3)17-24-18-12/h10,13-14H,4-9H2,1-3H3/t13-,14-/m0/s1. The summed E-state index contributed by atoms with van der Waals surface area (Å²) >= 11 is 0. The maximum Gasteiger partial charge on any atom is 0.249 e. The summed E-state index contributed by atoms with van der Waals surface area (Å²) < 4.78 is 10.4. The number of ether oxygens (including phenoxy) is 1. The molecule has 0 aliphatic carbocycles. The maximum atomic E-state index is 12.6. The van der Waals surface area contributed by atoms with Gasteiger partial charge in [0.05, 0.1) is 18.6 Å². The number of aryl methyl sites for hydroxylation is 1. The predicted molar refractivity (Wildman–Crippen MR) is 84.1 cm³/mol. The summed E-state index contributed by atoms with van der Waals surface area (Å²) in [5.74, 6) is 0.0465. The van der Waals surface area contributed by atoms with E-state index in [1.54, 1.807) is 6.92 Å². The molecule has 0 saturated carbocycles. The Bertz CT molecular complexity index is 615. The minimum atomic E-state index is -0.00152. The van der Waals surface area contributed by atoms with E-state index in [1.165, 1.54) is 0 Å². The Labute approximate surface area is 141 Å². The van der Waals surface area contributed by atoms with Crippen LogP contribution in [0.25, 0.3) is 0 Å². The van der Waals surface area contributed by atoms with Gasteiger partial charge in [0.1, 0.15) is 18.0 Å². The summed E-state index contributed by atoms with van der Waals surface area (Å²) in [7, 11) is 0. The summed E-state index contributed by atoms with van der Waals surface area (Å²) in [5.41, 5.74) is 1.23. The van der Waals surface area contributed by atoms with Gasteiger partial charge in [-0.15, -0.1) is 0 Å². The normalized spacial score (nSPS) is 24.9. The van der Waals surface area contributed by atoms with Gasteiger partial charge >= 0.3 is 0 Å². The molecule has 0 N–H and O–H groups in total. The highest BCUT2D eigenvalue weighted by molar-refractivity contribution is 5.79. The molecule has 2 fully saturated rings. The lowest BCUT2D eigenvalue weighted by molar-refractivity contribution is -0.160. The van der Waals surface area contributed by atoms with E-state index in [2.05, 4.69) is 14.9 Å². The van der Waals surface area contributed by atoms with Gasteiger partial charge in [0.2, 0.25) is 11.8 Å². The molecule has 1 aromatic heterocycles. The number of carbonyl (C=O) groups is 2. The Morgan fingerprint density at radius 2 is 2.04 bits per heavy atom. The van der Waals surface area contributed by atoms with Crippen molar-refractivity contribution < 1.29 is 19.0 Å². The zero-order chi connectivity index (χ0) is 17.3. The lowest BCUT2D eigenvalue weighted by Gasteiger charge is -2.42. The summed E-state index contributed by atoms with van der Waals surface area (Å²) in [4.78, 5) is 28.5. The monoisotopic (exact) mass is 336 g/mol. The SMILES string of the molecule is Cc1nonc1CC(=O)N1CC[C@@H]2OCC(=O)N(C(C)C)[C@H]2CC1. The molecule has 2 atom stereocenters. The van der Waals surface area contributed by atoms with Crippen molar-refractivity contribution in [2.45, 2.75) is 58.2 Å². The zero-order valence-corrected chi connectivity index (χ0v) is 14.4. The lowest BCUT2D eigenvalue weighted by atomic mass is 10.0. The Morgan fingerprint density at radius 3 is 2.71 bits per heavy atom. The van der Waals surface area contributed by atoms with E-state index in [9.17, 15) is 9.59 Å². The Morgan fingerprint density at radius 1 is 1.29 bits per heavy atom. The van der Waals surface area contributed by atoms with Crippen molar-refractivity contribution in [3.63, 3.8) is 0 Å². The van der Waals surface area contributed by atoms with E-state index < -0.39 is 0 Å². The van der Waals surface area contributed by atoms with Crippen LogP contribution < -0.4 is 0 Å². The van der Waals surface area contributed by atoms with E-state index in [4.69, 9.17) is 4.74 Å². The minimum Gasteiger partial charge on any atom is -0.366 e. The molecular weight excluding hydrogens is 312 g/mol. The number of likely N-dealkylation sites (tertiary alicyclic amines) is 1.